The number of halogens is 8. The Morgan fingerprint density at radius 2 is 1.74 bits per heavy atom. The number of H-pyrrole nitrogens is 1. The van der Waals surface area contributed by atoms with E-state index in [1.54, 1.807) is 29.2 Å². The highest BCUT2D eigenvalue weighted by molar-refractivity contribution is 6.31. The Balaban J connectivity index is 1.47. The number of hydrogen-bond acceptors (Lipinski definition) is 4. The van der Waals surface area contributed by atoms with Gasteiger partial charge in [-0.15, -0.1) is 0 Å². The molecule has 1 aliphatic carbocycles. The Labute approximate surface area is 221 Å². The van der Waals surface area contributed by atoms with Gasteiger partial charge in [0.05, 0.1) is 23.8 Å². The van der Waals surface area contributed by atoms with E-state index >= 15 is 4.39 Å². The minimum Gasteiger partial charge on any atom is -0.373 e. The van der Waals surface area contributed by atoms with Crippen LogP contribution in [0.25, 0.3) is 11.4 Å². The van der Waals surface area contributed by atoms with Crippen molar-refractivity contribution in [2.45, 2.75) is 44.4 Å². The van der Waals surface area contributed by atoms with E-state index in [2.05, 4.69) is 10.3 Å². The molecule has 0 radical (unpaired) electrons. The second-order valence-corrected chi connectivity index (χ2v) is 9.25. The molecule has 0 saturated heterocycles. The highest BCUT2D eigenvalue weighted by Crippen LogP contribution is 2.39. The molecule has 1 amide bonds. The number of ether oxygens (including phenoxy) is 1. The Hall–Kier alpha value is -3.45. The number of nitrogens with zero attached hydrogens (tertiary/aromatic N) is 1. The lowest BCUT2D eigenvalue weighted by Gasteiger charge is -2.34. The van der Waals surface area contributed by atoms with E-state index < -0.39 is 70.3 Å². The highest BCUT2D eigenvalue weighted by atomic mass is 35.5. The molecule has 1 fully saturated rings. The third kappa shape index (κ3) is 6.59. The molecule has 0 aliphatic heterocycles. The average molecular weight is 578 g/mol. The van der Waals surface area contributed by atoms with E-state index in [0.29, 0.717) is 23.9 Å². The summed E-state index contributed by atoms with van der Waals surface area (Å²) in [6.45, 7) is -0.315. The zero-order chi connectivity index (χ0) is 28.5. The van der Waals surface area contributed by atoms with Crippen molar-refractivity contribution in [1.29, 1.82) is 0 Å². The normalized spacial score (nSPS) is 17.5. The van der Waals surface area contributed by atoms with Crippen LogP contribution in [0.2, 0.25) is 5.02 Å². The van der Waals surface area contributed by atoms with E-state index in [1.165, 1.54) is 0 Å². The fourth-order valence-corrected chi connectivity index (χ4v) is 4.20. The van der Waals surface area contributed by atoms with Gasteiger partial charge in [0.15, 0.2) is 5.69 Å². The van der Waals surface area contributed by atoms with Crippen LogP contribution < -0.4 is 10.9 Å². The number of hydrogen-bond donors (Lipinski definition) is 2. The van der Waals surface area contributed by atoms with Gasteiger partial charge in [0.25, 0.3) is 5.56 Å². The predicted molar refractivity (Wildman–Crippen MR) is 125 cm³/mol. The lowest BCUT2D eigenvalue weighted by Crippen LogP contribution is -2.42. The van der Waals surface area contributed by atoms with E-state index in [9.17, 15) is 35.9 Å². The molecule has 2 N–H and O–H groups in total. The largest absolute Gasteiger partial charge is 0.433 e. The molecule has 0 atom stereocenters. The summed E-state index contributed by atoms with van der Waals surface area (Å²) in [5.41, 5.74) is -5.89. The maximum absolute atomic E-state index is 15.3. The molecule has 6 nitrogen and oxygen atoms in total. The fourth-order valence-electron chi connectivity index (χ4n) is 4.01. The van der Waals surface area contributed by atoms with Crippen LogP contribution in [0.4, 0.5) is 30.7 Å². The van der Waals surface area contributed by atoms with Gasteiger partial charge in [-0.1, -0.05) is 35.9 Å². The average Bonchev–Trinajstić information content (AvgIpc) is 2.81. The summed E-state index contributed by atoms with van der Waals surface area (Å²) in [7, 11) is 0. The third-order valence-corrected chi connectivity index (χ3v) is 6.52. The molecule has 1 aliphatic rings. The summed E-state index contributed by atoms with van der Waals surface area (Å²) < 4.78 is 101. The first kappa shape index (κ1) is 28.6. The Bertz CT molecular complexity index is 1430. The molecule has 208 valence electrons. The number of nitrogens with one attached hydrogen (secondary N) is 2. The first-order valence-electron chi connectivity index (χ1n) is 11.4. The minimum absolute atomic E-state index is 0.0444. The summed E-state index contributed by atoms with van der Waals surface area (Å²) >= 11 is 6.07. The minimum atomic E-state index is -5.18. The molecule has 3 aromatic rings. The van der Waals surface area contributed by atoms with Crippen molar-refractivity contribution in [3.63, 3.8) is 0 Å². The van der Waals surface area contributed by atoms with Crippen LogP contribution in [0, 0.1) is 11.7 Å². The number of carbonyl (C=O) groups excluding carboxylic acids is 1. The topological polar surface area (TPSA) is 84.1 Å². The van der Waals surface area contributed by atoms with Crippen LogP contribution in [-0.4, -0.2) is 22.0 Å². The van der Waals surface area contributed by atoms with Crippen LogP contribution in [0.1, 0.15) is 35.2 Å². The lowest BCUT2D eigenvalue weighted by atomic mass is 9.81. The third-order valence-electron chi connectivity index (χ3n) is 6.15. The second kappa shape index (κ2) is 11.0. The second-order valence-electron chi connectivity index (χ2n) is 8.85. The number of amides is 1. The van der Waals surface area contributed by atoms with Gasteiger partial charge < -0.3 is 15.0 Å². The SMILES string of the molecule is O=c1cc(C(F)(F)F)nc(-c2c(C(F)(F)F)ccc(CNC(=O)[C@H]3C[C@@H](OCc4ccccc4Cl)C3)c2F)[nH]1. The monoisotopic (exact) mass is 577 g/mol. The van der Waals surface area contributed by atoms with Crippen molar-refractivity contribution in [2.24, 2.45) is 5.92 Å². The maximum Gasteiger partial charge on any atom is 0.433 e. The summed E-state index contributed by atoms with van der Waals surface area (Å²) in [4.78, 5) is 29.0. The summed E-state index contributed by atoms with van der Waals surface area (Å²) in [5, 5.41) is 2.96. The number of alkyl halides is 6. The number of aromatic amines is 1. The van der Waals surface area contributed by atoms with Crippen molar-refractivity contribution in [2.75, 3.05) is 0 Å². The summed E-state index contributed by atoms with van der Waals surface area (Å²) in [5.74, 6) is -3.81. The van der Waals surface area contributed by atoms with Crippen LogP contribution >= 0.6 is 11.6 Å². The highest BCUT2D eigenvalue weighted by Gasteiger charge is 2.39. The Morgan fingerprint density at radius 1 is 1.05 bits per heavy atom. The molecule has 14 heteroatoms. The molecule has 1 heterocycles. The van der Waals surface area contributed by atoms with Crippen molar-refractivity contribution >= 4 is 17.5 Å². The molecule has 2 aromatic carbocycles. The van der Waals surface area contributed by atoms with Gasteiger partial charge in [0.1, 0.15) is 11.6 Å². The van der Waals surface area contributed by atoms with Gasteiger partial charge in [-0.25, -0.2) is 9.37 Å². The summed E-state index contributed by atoms with van der Waals surface area (Å²) in [6, 6.07) is 8.32. The van der Waals surface area contributed by atoms with Crippen LogP contribution in [0.3, 0.4) is 0 Å². The molecular weight excluding hydrogens is 559 g/mol. The van der Waals surface area contributed by atoms with Gasteiger partial charge in [-0.3, -0.25) is 9.59 Å². The summed E-state index contributed by atoms with van der Waals surface area (Å²) in [6.07, 6.45) is -9.87. The molecule has 1 saturated carbocycles. The van der Waals surface area contributed by atoms with Gasteiger partial charge in [-0.05, 0) is 30.5 Å². The van der Waals surface area contributed by atoms with Gasteiger partial charge >= 0.3 is 12.4 Å². The van der Waals surface area contributed by atoms with E-state index in [4.69, 9.17) is 16.3 Å². The number of rotatable bonds is 7. The van der Waals surface area contributed by atoms with E-state index in [0.717, 1.165) is 11.6 Å². The number of carbonyl (C=O) groups is 1. The van der Waals surface area contributed by atoms with Crippen molar-refractivity contribution in [1.82, 2.24) is 15.3 Å². The molecular formula is C25H19ClF7N3O3. The fraction of sp³-hybridized carbons (Fsp3) is 0.320. The predicted octanol–water partition coefficient (Wildman–Crippen LogP) is 5.88. The molecule has 0 bridgehead atoms. The molecule has 39 heavy (non-hydrogen) atoms. The van der Waals surface area contributed by atoms with Gasteiger partial charge in [0.2, 0.25) is 5.91 Å². The molecule has 0 unspecified atom stereocenters. The quantitative estimate of drug-likeness (QED) is 0.344. The van der Waals surface area contributed by atoms with Gasteiger partial charge in [0, 0.05) is 29.1 Å². The maximum atomic E-state index is 15.3. The van der Waals surface area contributed by atoms with Crippen molar-refractivity contribution < 1.29 is 40.3 Å². The van der Waals surface area contributed by atoms with Crippen LogP contribution in [-0.2, 0) is 35.0 Å². The molecule has 0 spiro atoms. The van der Waals surface area contributed by atoms with Gasteiger partial charge in [-0.2, -0.15) is 26.3 Å². The zero-order valence-electron chi connectivity index (χ0n) is 19.7. The van der Waals surface area contributed by atoms with Crippen molar-refractivity contribution in [3.05, 3.63) is 86.0 Å². The smallest absolute Gasteiger partial charge is 0.373 e. The van der Waals surface area contributed by atoms with Crippen molar-refractivity contribution in [3.8, 4) is 11.4 Å². The number of benzene rings is 2. The first-order chi connectivity index (χ1) is 18.2. The van der Waals surface area contributed by atoms with E-state index in [-0.39, 0.29) is 18.8 Å². The number of aromatic nitrogens is 2. The Kier molecular flexibility index (Phi) is 8.03. The van der Waals surface area contributed by atoms with Crippen LogP contribution in [0.5, 0.6) is 0 Å². The van der Waals surface area contributed by atoms with E-state index in [1.807, 2.05) is 0 Å². The zero-order valence-corrected chi connectivity index (χ0v) is 20.5. The lowest BCUT2D eigenvalue weighted by molar-refractivity contribution is -0.141. The standard InChI is InChI=1S/C25H19ClF7N3O3/c26-17-4-2-1-3-13(17)11-39-15-7-14(8-15)23(38)34-10-12-5-6-16(24(28,29)30)20(21(12)27)22-35-18(25(31,32)33)9-19(37)36-22/h1-6,9,14-15H,7-8,10-11H2,(H,34,38)(H,35,36,37)/t14-,15+. The Morgan fingerprint density at radius 3 is 2.38 bits per heavy atom. The molecule has 1 aromatic heterocycles. The first-order valence-corrected chi connectivity index (χ1v) is 11.8. The molecule has 4 rings (SSSR count). The van der Waals surface area contributed by atoms with Crippen LogP contribution in [0.15, 0.2) is 47.3 Å².